The van der Waals surface area contributed by atoms with Crippen molar-refractivity contribution in [2.75, 3.05) is 13.2 Å². The lowest BCUT2D eigenvalue weighted by Gasteiger charge is -2.23. The Morgan fingerprint density at radius 2 is 2.25 bits per heavy atom. The number of likely N-dealkylation sites (tertiary alicyclic amines) is 1. The Kier molecular flexibility index (Phi) is 4.60. The summed E-state index contributed by atoms with van der Waals surface area (Å²) in [6.45, 7) is 2.37. The summed E-state index contributed by atoms with van der Waals surface area (Å²) in [6.07, 6.45) is 1.23. The van der Waals surface area contributed by atoms with Gasteiger partial charge < -0.3 is 9.64 Å². The smallest absolute Gasteiger partial charge is 0.328 e. The molecule has 4 nitrogen and oxygen atoms in total. The summed E-state index contributed by atoms with van der Waals surface area (Å²) in [5.74, 6) is -1.62. The average Bonchev–Trinajstić information content (AvgIpc) is 2.90. The van der Waals surface area contributed by atoms with Crippen LogP contribution in [0.1, 0.15) is 30.1 Å². The van der Waals surface area contributed by atoms with Crippen molar-refractivity contribution in [2.24, 2.45) is 0 Å². The molecule has 0 aromatic heterocycles. The van der Waals surface area contributed by atoms with Crippen molar-refractivity contribution >= 4 is 23.5 Å². The topological polar surface area (TPSA) is 46.6 Å². The van der Waals surface area contributed by atoms with Gasteiger partial charge in [0.25, 0.3) is 5.91 Å². The molecule has 1 atom stereocenters. The van der Waals surface area contributed by atoms with E-state index in [1.165, 1.54) is 17.0 Å². The van der Waals surface area contributed by atoms with E-state index in [0.29, 0.717) is 19.4 Å². The first kappa shape index (κ1) is 14.8. The number of halogens is 2. The van der Waals surface area contributed by atoms with Crippen molar-refractivity contribution in [1.29, 1.82) is 0 Å². The molecule has 2 rings (SSSR count). The molecule has 1 saturated heterocycles. The molecule has 0 bridgehead atoms. The van der Waals surface area contributed by atoms with Crippen LogP contribution in [0.5, 0.6) is 0 Å². The molecule has 0 saturated carbocycles. The lowest BCUT2D eigenvalue weighted by atomic mass is 10.1. The van der Waals surface area contributed by atoms with Gasteiger partial charge in [0.2, 0.25) is 0 Å². The highest BCUT2D eigenvalue weighted by atomic mass is 35.5. The monoisotopic (exact) mass is 299 g/mol. The second kappa shape index (κ2) is 6.22. The summed E-state index contributed by atoms with van der Waals surface area (Å²) in [5, 5.41) is 0.279. The number of amides is 1. The summed E-state index contributed by atoms with van der Waals surface area (Å²) < 4.78 is 18.7. The number of nitrogens with zero attached hydrogens (tertiary/aromatic N) is 1. The average molecular weight is 300 g/mol. The van der Waals surface area contributed by atoms with Crippen molar-refractivity contribution in [3.05, 3.63) is 34.6 Å². The van der Waals surface area contributed by atoms with E-state index in [2.05, 4.69) is 0 Å². The second-order valence-corrected chi connectivity index (χ2v) is 4.97. The van der Waals surface area contributed by atoms with E-state index in [-0.39, 0.29) is 17.2 Å². The zero-order valence-corrected chi connectivity index (χ0v) is 11.8. The van der Waals surface area contributed by atoms with Gasteiger partial charge in [0.05, 0.1) is 12.2 Å². The lowest BCUT2D eigenvalue weighted by Crippen LogP contribution is -2.41. The van der Waals surface area contributed by atoms with Crippen molar-refractivity contribution < 1.29 is 18.7 Å². The Labute approximate surface area is 121 Å². The lowest BCUT2D eigenvalue weighted by molar-refractivity contribution is -0.147. The number of esters is 1. The van der Waals surface area contributed by atoms with Crippen LogP contribution in [0, 0.1) is 5.82 Å². The maximum absolute atomic E-state index is 13.7. The van der Waals surface area contributed by atoms with Crippen LogP contribution in [0.25, 0.3) is 0 Å². The van der Waals surface area contributed by atoms with E-state index in [4.69, 9.17) is 16.3 Å². The molecular weight excluding hydrogens is 285 g/mol. The molecule has 1 amide bonds. The molecular formula is C14H15ClFNO3. The number of carbonyl (C=O) groups excluding carboxylic acids is 2. The van der Waals surface area contributed by atoms with E-state index < -0.39 is 23.7 Å². The molecule has 1 aromatic rings. The zero-order chi connectivity index (χ0) is 14.7. The molecule has 1 fully saturated rings. The fraction of sp³-hybridized carbons (Fsp3) is 0.429. The van der Waals surface area contributed by atoms with Gasteiger partial charge in [-0.05, 0) is 38.0 Å². The van der Waals surface area contributed by atoms with Gasteiger partial charge >= 0.3 is 5.97 Å². The van der Waals surface area contributed by atoms with Crippen LogP contribution in [-0.2, 0) is 9.53 Å². The predicted octanol–water partition coefficient (Wildman–Crippen LogP) is 2.65. The molecule has 108 valence electrons. The highest BCUT2D eigenvalue weighted by Gasteiger charge is 2.36. The Balaban J connectivity index is 2.23. The van der Waals surface area contributed by atoms with Crippen LogP contribution in [0.15, 0.2) is 18.2 Å². The fourth-order valence-corrected chi connectivity index (χ4v) is 2.48. The number of benzene rings is 1. The minimum atomic E-state index is -0.645. The molecule has 1 aliphatic heterocycles. The van der Waals surface area contributed by atoms with Crippen molar-refractivity contribution in [3.8, 4) is 0 Å². The van der Waals surface area contributed by atoms with Crippen molar-refractivity contribution in [2.45, 2.75) is 25.8 Å². The van der Waals surface area contributed by atoms with Crippen molar-refractivity contribution in [1.82, 2.24) is 4.90 Å². The molecule has 0 aliphatic carbocycles. The maximum atomic E-state index is 13.7. The van der Waals surface area contributed by atoms with Gasteiger partial charge in [0, 0.05) is 11.6 Å². The minimum absolute atomic E-state index is 0.117. The third-order valence-electron chi connectivity index (χ3n) is 3.23. The van der Waals surface area contributed by atoms with Gasteiger partial charge in [0.15, 0.2) is 0 Å². The maximum Gasteiger partial charge on any atom is 0.328 e. The largest absolute Gasteiger partial charge is 0.464 e. The number of carbonyl (C=O) groups is 2. The first-order valence-corrected chi connectivity index (χ1v) is 6.85. The van der Waals surface area contributed by atoms with Gasteiger partial charge in [-0.25, -0.2) is 9.18 Å². The first-order chi connectivity index (χ1) is 9.54. The fourth-order valence-electron chi connectivity index (χ4n) is 2.31. The molecule has 0 radical (unpaired) electrons. The Hall–Kier alpha value is -1.62. The standard InChI is InChI=1S/C14H15ClFNO3/c1-2-20-14(19)12-4-3-7-17(12)13(18)10-8-9(15)5-6-11(10)16/h5-6,8,12H,2-4,7H2,1H3. The molecule has 1 heterocycles. The second-order valence-electron chi connectivity index (χ2n) is 4.53. The molecule has 6 heteroatoms. The summed E-state index contributed by atoms with van der Waals surface area (Å²) in [6, 6.07) is 3.16. The van der Waals surface area contributed by atoms with Crippen LogP contribution in [0.4, 0.5) is 4.39 Å². The van der Waals surface area contributed by atoms with Gasteiger partial charge in [-0.3, -0.25) is 4.79 Å². The third-order valence-corrected chi connectivity index (χ3v) is 3.47. The molecule has 20 heavy (non-hydrogen) atoms. The van der Waals surface area contributed by atoms with Crippen molar-refractivity contribution in [3.63, 3.8) is 0 Å². The van der Waals surface area contributed by atoms with E-state index in [9.17, 15) is 14.0 Å². The first-order valence-electron chi connectivity index (χ1n) is 6.47. The number of ether oxygens (including phenoxy) is 1. The van der Waals surface area contributed by atoms with Crippen LogP contribution in [-0.4, -0.2) is 36.0 Å². The highest BCUT2D eigenvalue weighted by Crippen LogP contribution is 2.24. The Morgan fingerprint density at radius 3 is 2.95 bits per heavy atom. The SMILES string of the molecule is CCOC(=O)C1CCCN1C(=O)c1cc(Cl)ccc1F. The summed E-state index contributed by atoms with van der Waals surface area (Å²) in [7, 11) is 0. The summed E-state index contributed by atoms with van der Waals surface area (Å²) in [4.78, 5) is 25.5. The van der Waals surface area contributed by atoms with E-state index >= 15 is 0 Å². The predicted molar refractivity (Wildman–Crippen MR) is 72.1 cm³/mol. The van der Waals surface area contributed by atoms with E-state index in [1.54, 1.807) is 6.92 Å². The summed E-state index contributed by atoms with van der Waals surface area (Å²) >= 11 is 5.79. The number of hydrogen-bond acceptors (Lipinski definition) is 3. The molecule has 1 aliphatic rings. The highest BCUT2D eigenvalue weighted by molar-refractivity contribution is 6.31. The van der Waals surface area contributed by atoms with Crippen LogP contribution < -0.4 is 0 Å². The van der Waals surface area contributed by atoms with Gasteiger partial charge in [-0.15, -0.1) is 0 Å². The molecule has 0 spiro atoms. The van der Waals surface area contributed by atoms with Gasteiger partial charge in [-0.1, -0.05) is 11.6 Å². The number of rotatable bonds is 3. The Bertz CT molecular complexity index is 535. The third kappa shape index (κ3) is 2.93. The summed E-state index contributed by atoms with van der Waals surface area (Å²) in [5.41, 5.74) is -0.117. The molecule has 1 unspecified atom stereocenters. The van der Waals surface area contributed by atoms with Crippen LogP contribution >= 0.6 is 11.6 Å². The number of hydrogen-bond donors (Lipinski definition) is 0. The van der Waals surface area contributed by atoms with E-state index in [1.807, 2.05) is 0 Å². The quantitative estimate of drug-likeness (QED) is 0.806. The minimum Gasteiger partial charge on any atom is -0.464 e. The van der Waals surface area contributed by atoms with Crippen LogP contribution in [0.3, 0.4) is 0 Å². The molecule has 1 aromatic carbocycles. The molecule has 0 N–H and O–H groups in total. The Morgan fingerprint density at radius 1 is 1.50 bits per heavy atom. The van der Waals surface area contributed by atoms with Crippen LogP contribution in [0.2, 0.25) is 5.02 Å². The van der Waals surface area contributed by atoms with E-state index in [0.717, 1.165) is 6.07 Å². The van der Waals surface area contributed by atoms with Gasteiger partial charge in [0.1, 0.15) is 11.9 Å². The zero-order valence-electron chi connectivity index (χ0n) is 11.1. The van der Waals surface area contributed by atoms with Gasteiger partial charge in [-0.2, -0.15) is 0 Å². The normalized spacial score (nSPS) is 18.1.